The fourth-order valence-electron chi connectivity index (χ4n) is 4.32. The number of ether oxygens (including phenoxy) is 1. The summed E-state index contributed by atoms with van der Waals surface area (Å²) >= 11 is 0. The number of benzene rings is 1. The molecule has 2 atom stereocenters. The first-order valence-corrected chi connectivity index (χ1v) is 10.8. The number of fused-ring (bicyclic) bond motifs is 1. The van der Waals surface area contributed by atoms with Crippen molar-refractivity contribution >= 4 is 17.8 Å². The van der Waals surface area contributed by atoms with E-state index in [2.05, 4.69) is 5.32 Å². The van der Waals surface area contributed by atoms with Gasteiger partial charge >= 0.3 is 6.03 Å². The minimum absolute atomic E-state index is 0.0510. The zero-order chi connectivity index (χ0) is 22.5. The van der Waals surface area contributed by atoms with Gasteiger partial charge < -0.3 is 19.9 Å². The third-order valence-electron chi connectivity index (χ3n) is 5.77. The van der Waals surface area contributed by atoms with Gasteiger partial charge in [-0.3, -0.25) is 9.59 Å². The molecule has 2 saturated heterocycles. The summed E-state index contributed by atoms with van der Waals surface area (Å²) in [6.07, 6.45) is 0.152. The molecule has 1 N–H and O–H groups in total. The number of nitrogens with one attached hydrogen (secondary N) is 1. The number of urea groups is 1. The van der Waals surface area contributed by atoms with Gasteiger partial charge in [-0.1, -0.05) is 44.2 Å². The zero-order valence-electron chi connectivity index (χ0n) is 18.8. The van der Waals surface area contributed by atoms with E-state index in [9.17, 15) is 14.4 Å². The van der Waals surface area contributed by atoms with Gasteiger partial charge in [-0.05, 0) is 17.9 Å². The normalized spacial score (nSPS) is 22.2. The molecule has 9 nitrogen and oxygen atoms in total. The number of likely N-dealkylation sites (N-methyl/N-ethyl adjacent to an activating group) is 1. The van der Waals surface area contributed by atoms with Gasteiger partial charge in [0.25, 0.3) is 0 Å². The molecule has 170 valence electrons. The Morgan fingerprint density at radius 3 is 2.58 bits per heavy atom. The summed E-state index contributed by atoms with van der Waals surface area (Å²) in [6.45, 7) is 5.65. The van der Waals surface area contributed by atoms with Crippen LogP contribution in [0.1, 0.15) is 25.8 Å². The smallest absolute Gasteiger partial charge is 0.334 e. The lowest BCUT2D eigenvalue weighted by atomic mass is 9.96. The van der Waals surface area contributed by atoms with Crippen molar-refractivity contribution in [1.82, 2.24) is 25.1 Å². The second-order valence-electron chi connectivity index (χ2n) is 8.41. The highest BCUT2D eigenvalue weighted by molar-refractivity contribution is 5.91. The van der Waals surface area contributed by atoms with Crippen LogP contribution in [0.25, 0.3) is 0 Å². The van der Waals surface area contributed by atoms with Crippen LogP contribution in [-0.4, -0.2) is 90.3 Å². The van der Waals surface area contributed by atoms with E-state index in [-0.39, 0.29) is 36.9 Å². The molecule has 0 aromatic heterocycles. The second kappa shape index (κ2) is 10.1. The molecule has 0 bridgehead atoms. The quantitative estimate of drug-likeness (QED) is 0.654. The van der Waals surface area contributed by atoms with Crippen LogP contribution in [0.4, 0.5) is 4.79 Å². The molecule has 0 unspecified atom stereocenters. The van der Waals surface area contributed by atoms with Gasteiger partial charge in [0, 0.05) is 33.9 Å². The molecule has 3 rings (SSSR count). The summed E-state index contributed by atoms with van der Waals surface area (Å²) in [5.74, 6) is -0.269. The minimum atomic E-state index is -0.591. The molecular weight excluding hydrogens is 398 g/mol. The third-order valence-corrected chi connectivity index (χ3v) is 5.77. The number of amides is 4. The van der Waals surface area contributed by atoms with Crippen molar-refractivity contribution in [3.63, 3.8) is 0 Å². The largest absolute Gasteiger partial charge is 0.385 e. The zero-order valence-corrected chi connectivity index (χ0v) is 18.8. The van der Waals surface area contributed by atoms with E-state index in [1.807, 2.05) is 44.2 Å². The molecule has 0 aliphatic carbocycles. The lowest BCUT2D eigenvalue weighted by molar-refractivity contribution is -0.190. The van der Waals surface area contributed by atoms with Crippen LogP contribution in [0.2, 0.25) is 0 Å². The molecule has 4 amide bonds. The van der Waals surface area contributed by atoms with Gasteiger partial charge in [0.15, 0.2) is 0 Å². The number of nitrogens with zero attached hydrogens (tertiary/aromatic N) is 4. The lowest BCUT2D eigenvalue weighted by Gasteiger charge is -2.55. The van der Waals surface area contributed by atoms with Crippen molar-refractivity contribution in [2.24, 2.45) is 5.92 Å². The Hall–Kier alpha value is -2.65. The highest BCUT2D eigenvalue weighted by Crippen LogP contribution is 2.29. The molecule has 0 saturated carbocycles. The van der Waals surface area contributed by atoms with Crippen molar-refractivity contribution in [1.29, 1.82) is 0 Å². The Morgan fingerprint density at radius 2 is 1.94 bits per heavy atom. The van der Waals surface area contributed by atoms with Gasteiger partial charge in [0.2, 0.25) is 11.8 Å². The van der Waals surface area contributed by atoms with Crippen LogP contribution in [0.5, 0.6) is 0 Å². The monoisotopic (exact) mass is 431 g/mol. The highest BCUT2D eigenvalue weighted by atomic mass is 16.5. The number of rotatable bonds is 7. The lowest BCUT2D eigenvalue weighted by Crippen LogP contribution is -2.76. The topological polar surface area (TPSA) is 85.4 Å². The van der Waals surface area contributed by atoms with E-state index in [0.717, 1.165) is 5.56 Å². The molecule has 1 aromatic rings. The Kier molecular flexibility index (Phi) is 7.50. The standard InChI is InChI=1S/C22H33N5O4/c1-16(2)20-21(29)25(11-8-12-31-4)14-18-26(20)19(28)15-24(3)27(18)22(30)23-13-17-9-6-5-7-10-17/h5-7,9-10,16,18,20H,8,11-15H2,1-4H3,(H,23,30)/t18-,20-/m0/s1. The summed E-state index contributed by atoms with van der Waals surface area (Å²) in [4.78, 5) is 42.7. The summed E-state index contributed by atoms with van der Waals surface area (Å²) in [5.41, 5.74) is 0.989. The van der Waals surface area contributed by atoms with Gasteiger partial charge in [-0.2, -0.15) is 0 Å². The first-order chi connectivity index (χ1) is 14.8. The number of hydrogen-bond donors (Lipinski definition) is 1. The molecule has 2 aliphatic rings. The Balaban J connectivity index is 1.83. The Bertz CT molecular complexity index is 787. The van der Waals surface area contributed by atoms with Gasteiger partial charge in [-0.25, -0.2) is 14.8 Å². The molecular formula is C22H33N5O4. The third kappa shape index (κ3) is 4.99. The van der Waals surface area contributed by atoms with Crippen LogP contribution in [0.15, 0.2) is 30.3 Å². The maximum atomic E-state index is 13.2. The molecule has 2 heterocycles. The molecule has 1 aromatic carbocycles. The van der Waals surface area contributed by atoms with E-state index in [0.29, 0.717) is 26.1 Å². The maximum Gasteiger partial charge on any atom is 0.334 e. The molecule has 0 radical (unpaired) electrons. The van der Waals surface area contributed by atoms with Gasteiger partial charge in [0.05, 0.1) is 13.1 Å². The summed E-state index contributed by atoms with van der Waals surface area (Å²) in [5, 5.41) is 6.18. The summed E-state index contributed by atoms with van der Waals surface area (Å²) < 4.78 is 5.13. The number of carbonyl (C=O) groups excluding carboxylic acids is 3. The van der Waals surface area contributed by atoms with E-state index in [1.165, 1.54) is 0 Å². The predicted molar refractivity (Wildman–Crippen MR) is 115 cm³/mol. The number of hydrogen-bond acceptors (Lipinski definition) is 5. The van der Waals surface area contributed by atoms with Crippen molar-refractivity contribution in [3.05, 3.63) is 35.9 Å². The van der Waals surface area contributed by atoms with Crippen LogP contribution in [-0.2, 0) is 20.9 Å². The fraction of sp³-hybridized carbons (Fsp3) is 0.591. The van der Waals surface area contributed by atoms with Crippen LogP contribution in [0.3, 0.4) is 0 Å². The summed E-state index contributed by atoms with van der Waals surface area (Å²) in [6, 6.07) is 8.79. The predicted octanol–water partition coefficient (Wildman–Crippen LogP) is 1.12. The first kappa shape index (κ1) is 23.0. The van der Waals surface area contributed by atoms with E-state index < -0.39 is 12.2 Å². The van der Waals surface area contributed by atoms with E-state index in [4.69, 9.17) is 4.74 Å². The SMILES string of the molecule is COCCCN1C[C@H]2N(C(=O)CN(C)N2C(=O)NCc2ccccc2)[C@@H](C(C)C)C1=O. The second-order valence-corrected chi connectivity index (χ2v) is 8.41. The van der Waals surface area contributed by atoms with Crippen molar-refractivity contribution in [2.45, 2.75) is 39.0 Å². The molecule has 9 heteroatoms. The maximum absolute atomic E-state index is 13.2. The number of hydrazine groups is 1. The molecule has 0 spiro atoms. The van der Waals surface area contributed by atoms with Crippen molar-refractivity contribution < 1.29 is 19.1 Å². The van der Waals surface area contributed by atoms with E-state index in [1.54, 1.807) is 34.0 Å². The average molecular weight is 432 g/mol. The van der Waals surface area contributed by atoms with Gasteiger partial charge in [-0.15, -0.1) is 0 Å². The fourth-order valence-corrected chi connectivity index (χ4v) is 4.32. The number of piperazine rings is 1. The van der Waals surface area contributed by atoms with Gasteiger partial charge in [0.1, 0.15) is 12.2 Å². The number of methoxy groups -OCH3 is 1. The van der Waals surface area contributed by atoms with Crippen LogP contribution >= 0.6 is 0 Å². The van der Waals surface area contributed by atoms with E-state index >= 15 is 0 Å². The molecule has 31 heavy (non-hydrogen) atoms. The Morgan fingerprint density at radius 1 is 1.23 bits per heavy atom. The van der Waals surface area contributed by atoms with Crippen LogP contribution in [0, 0.1) is 5.92 Å². The Labute approximate surface area is 183 Å². The first-order valence-electron chi connectivity index (χ1n) is 10.8. The average Bonchev–Trinajstić information content (AvgIpc) is 2.73. The van der Waals surface area contributed by atoms with Crippen molar-refractivity contribution in [2.75, 3.05) is 40.4 Å². The molecule has 2 aliphatic heterocycles. The van der Waals surface area contributed by atoms with Crippen molar-refractivity contribution in [3.8, 4) is 0 Å². The number of carbonyl (C=O) groups is 3. The minimum Gasteiger partial charge on any atom is -0.385 e. The van der Waals surface area contributed by atoms with Crippen LogP contribution < -0.4 is 5.32 Å². The highest BCUT2D eigenvalue weighted by Gasteiger charge is 2.51. The summed E-state index contributed by atoms with van der Waals surface area (Å²) in [7, 11) is 3.36. The molecule has 2 fully saturated rings.